The minimum Gasteiger partial charge on any atom is -0.493 e. The van der Waals surface area contributed by atoms with Crippen LogP contribution in [-0.2, 0) is 0 Å². The van der Waals surface area contributed by atoms with Gasteiger partial charge >= 0.3 is 0 Å². The van der Waals surface area contributed by atoms with Crippen LogP contribution < -0.4 is 10.5 Å². The van der Waals surface area contributed by atoms with E-state index in [0.29, 0.717) is 29.4 Å². The monoisotopic (exact) mass is 262 g/mol. The van der Waals surface area contributed by atoms with E-state index in [0.717, 1.165) is 0 Å². The van der Waals surface area contributed by atoms with Crippen molar-refractivity contribution in [3.63, 3.8) is 0 Å². The van der Waals surface area contributed by atoms with Crippen molar-refractivity contribution in [2.75, 3.05) is 12.3 Å². The largest absolute Gasteiger partial charge is 0.493 e. The maximum atomic E-state index is 13.4. The van der Waals surface area contributed by atoms with Gasteiger partial charge in [0.2, 0.25) is 5.88 Å². The Kier molecular flexibility index (Phi) is 3.11. The SMILES string of the molecule is Nc1oncc1-c1cc(F)ccc1OCC1CCC1. The first kappa shape index (κ1) is 12.0. The fourth-order valence-electron chi connectivity index (χ4n) is 2.16. The predicted octanol–water partition coefficient (Wildman–Crippen LogP) is 3.24. The summed E-state index contributed by atoms with van der Waals surface area (Å²) < 4.78 is 24.0. The second-order valence-corrected chi connectivity index (χ2v) is 4.85. The number of halogens is 1. The Hall–Kier alpha value is -2.04. The maximum absolute atomic E-state index is 13.4. The second kappa shape index (κ2) is 4.91. The number of rotatable bonds is 4. The zero-order valence-corrected chi connectivity index (χ0v) is 10.4. The summed E-state index contributed by atoms with van der Waals surface area (Å²) in [6.07, 6.45) is 5.14. The van der Waals surface area contributed by atoms with Crippen LogP contribution in [0, 0.1) is 11.7 Å². The van der Waals surface area contributed by atoms with Crippen LogP contribution in [0.1, 0.15) is 19.3 Å². The summed E-state index contributed by atoms with van der Waals surface area (Å²) in [7, 11) is 0. The van der Waals surface area contributed by atoms with Crippen molar-refractivity contribution >= 4 is 5.88 Å². The van der Waals surface area contributed by atoms with E-state index in [1.807, 2.05) is 0 Å². The Morgan fingerprint density at radius 1 is 1.37 bits per heavy atom. The summed E-state index contributed by atoms with van der Waals surface area (Å²) in [6, 6.07) is 4.39. The minimum atomic E-state index is -0.341. The van der Waals surface area contributed by atoms with Crippen LogP contribution in [0.15, 0.2) is 28.9 Å². The molecule has 2 N–H and O–H groups in total. The Bertz CT molecular complexity index is 579. The number of aromatic nitrogens is 1. The summed E-state index contributed by atoms with van der Waals surface area (Å²) >= 11 is 0. The molecule has 0 spiro atoms. The van der Waals surface area contributed by atoms with Gasteiger partial charge in [-0.25, -0.2) is 4.39 Å². The van der Waals surface area contributed by atoms with Gasteiger partial charge in [-0.15, -0.1) is 0 Å². The molecule has 0 aliphatic heterocycles. The van der Waals surface area contributed by atoms with Crippen LogP contribution in [0.5, 0.6) is 5.75 Å². The second-order valence-electron chi connectivity index (χ2n) is 4.85. The molecule has 0 amide bonds. The van der Waals surface area contributed by atoms with Crippen molar-refractivity contribution < 1.29 is 13.7 Å². The van der Waals surface area contributed by atoms with E-state index in [9.17, 15) is 4.39 Å². The molecule has 3 rings (SSSR count). The number of nitrogen functional groups attached to an aromatic ring is 1. The molecule has 4 nitrogen and oxygen atoms in total. The fourth-order valence-corrected chi connectivity index (χ4v) is 2.16. The molecule has 5 heteroatoms. The molecule has 1 fully saturated rings. The van der Waals surface area contributed by atoms with E-state index < -0.39 is 0 Å². The van der Waals surface area contributed by atoms with Crippen LogP contribution in [0.25, 0.3) is 11.1 Å². The quantitative estimate of drug-likeness (QED) is 0.918. The van der Waals surface area contributed by atoms with Gasteiger partial charge in [0.25, 0.3) is 0 Å². The van der Waals surface area contributed by atoms with Gasteiger partial charge in [0.05, 0.1) is 18.4 Å². The van der Waals surface area contributed by atoms with Crippen molar-refractivity contribution in [1.29, 1.82) is 0 Å². The van der Waals surface area contributed by atoms with Crippen LogP contribution in [-0.4, -0.2) is 11.8 Å². The molecule has 0 atom stereocenters. The minimum absolute atomic E-state index is 0.166. The van der Waals surface area contributed by atoms with Crippen molar-refractivity contribution in [3.8, 4) is 16.9 Å². The molecule has 0 radical (unpaired) electrons. The lowest BCUT2D eigenvalue weighted by atomic mass is 9.86. The normalized spacial score (nSPS) is 15.2. The molecular formula is C14H15FN2O2. The van der Waals surface area contributed by atoms with Crippen molar-refractivity contribution in [3.05, 3.63) is 30.2 Å². The molecule has 1 aromatic heterocycles. The molecule has 100 valence electrons. The molecule has 0 saturated heterocycles. The Labute approximate surface area is 110 Å². The summed E-state index contributed by atoms with van der Waals surface area (Å²) in [5, 5.41) is 3.61. The first-order valence-electron chi connectivity index (χ1n) is 6.37. The van der Waals surface area contributed by atoms with E-state index in [4.69, 9.17) is 15.0 Å². The Morgan fingerprint density at radius 3 is 2.84 bits per heavy atom. The molecule has 1 saturated carbocycles. The topological polar surface area (TPSA) is 61.3 Å². The average Bonchev–Trinajstić information content (AvgIpc) is 2.75. The molecule has 2 aromatic rings. The van der Waals surface area contributed by atoms with E-state index in [1.54, 1.807) is 6.07 Å². The van der Waals surface area contributed by atoms with E-state index in [1.165, 1.54) is 37.6 Å². The lowest BCUT2D eigenvalue weighted by Gasteiger charge is -2.25. The third kappa shape index (κ3) is 2.41. The molecule has 19 heavy (non-hydrogen) atoms. The van der Waals surface area contributed by atoms with Crippen LogP contribution >= 0.6 is 0 Å². The van der Waals surface area contributed by atoms with Gasteiger partial charge in [0.15, 0.2) is 0 Å². The zero-order valence-electron chi connectivity index (χ0n) is 10.4. The lowest BCUT2D eigenvalue weighted by molar-refractivity contribution is 0.181. The molecule has 1 aliphatic rings. The number of hydrogen-bond acceptors (Lipinski definition) is 4. The van der Waals surface area contributed by atoms with Crippen LogP contribution in [0.4, 0.5) is 10.3 Å². The number of nitrogens with zero attached hydrogens (tertiary/aromatic N) is 1. The van der Waals surface area contributed by atoms with Gasteiger partial charge in [-0.05, 0) is 37.0 Å². The molecular weight excluding hydrogens is 247 g/mol. The Morgan fingerprint density at radius 2 is 2.21 bits per heavy atom. The van der Waals surface area contributed by atoms with Gasteiger partial charge in [0, 0.05) is 5.56 Å². The molecule has 1 aromatic carbocycles. The smallest absolute Gasteiger partial charge is 0.230 e. The predicted molar refractivity (Wildman–Crippen MR) is 69.1 cm³/mol. The first-order valence-corrected chi connectivity index (χ1v) is 6.37. The van der Waals surface area contributed by atoms with Crippen molar-refractivity contribution in [2.45, 2.75) is 19.3 Å². The first-order chi connectivity index (χ1) is 9.24. The summed E-state index contributed by atoms with van der Waals surface area (Å²) in [5.74, 6) is 1.05. The standard InChI is InChI=1S/C14H15FN2O2/c15-10-4-5-13(18-8-9-2-1-3-9)11(6-10)12-7-17-19-14(12)16/h4-7,9H,1-3,8,16H2. The highest BCUT2D eigenvalue weighted by Gasteiger charge is 2.20. The molecule has 1 aliphatic carbocycles. The van der Waals surface area contributed by atoms with Gasteiger partial charge in [-0.3, -0.25) is 0 Å². The molecule has 0 bridgehead atoms. The number of ether oxygens (including phenoxy) is 1. The number of hydrogen-bond donors (Lipinski definition) is 1. The van der Waals surface area contributed by atoms with Crippen LogP contribution in [0.3, 0.4) is 0 Å². The highest BCUT2D eigenvalue weighted by molar-refractivity contribution is 5.76. The van der Waals surface area contributed by atoms with Gasteiger partial charge in [0.1, 0.15) is 11.6 Å². The highest BCUT2D eigenvalue weighted by Crippen LogP contribution is 2.35. The van der Waals surface area contributed by atoms with E-state index >= 15 is 0 Å². The van der Waals surface area contributed by atoms with Gasteiger partial charge in [-0.2, -0.15) is 0 Å². The van der Waals surface area contributed by atoms with Gasteiger partial charge in [-0.1, -0.05) is 11.6 Å². The molecule has 1 heterocycles. The third-order valence-electron chi connectivity index (χ3n) is 3.53. The van der Waals surface area contributed by atoms with Crippen molar-refractivity contribution in [2.24, 2.45) is 5.92 Å². The van der Waals surface area contributed by atoms with E-state index in [-0.39, 0.29) is 11.7 Å². The van der Waals surface area contributed by atoms with Crippen molar-refractivity contribution in [1.82, 2.24) is 5.16 Å². The average molecular weight is 262 g/mol. The number of anilines is 1. The summed E-state index contributed by atoms with van der Waals surface area (Å²) in [6.45, 7) is 0.657. The summed E-state index contributed by atoms with van der Waals surface area (Å²) in [4.78, 5) is 0. The zero-order chi connectivity index (χ0) is 13.2. The molecule has 0 unspecified atom stereocenters. The summed E-state index contributed by atoms with van der Waals surface area (Å²) in [5.41, 5.74) is 6.82. The van der Waals surface area contributed by atoms with Crippen LogP contribution in [0.2, 0.25) is 0 Å². The number of nitrogens with two attached hydrogens (primary N) is 1. The lowest BCUT2D eigenvalue weighted by Crippen LogP contribution is -2.19. The number of benzene rings is 1. The Balaban J connectivity index is 1.88. The van der Waals surface area contributed by atoms with E-state index in [2.05, 4.69) is 5.16 Å². The highest BCUT2D eigenvalue weighted by atomic mass is 19.1. The maximum Gasteiger partial charge on any atom is 0.230 e. The van der Waals surface area contributed by atoms with Gasteiger partial charge < -0.3 is 15.0 Å². The third-order valence-corrected chi connectivity index (χ3v) is 3.53. The fraction of sp³-hybridized carbons (Fsp3) is 0.357.